The third-order valence-electron chi connectivity index (χ3n) is 3.77. The summed E-state index contributed by atoms with van der Waals surface area (Å²) in [4.78, 5) is 9.89. The molecule has 0 aromatic heterocycles. The number of non-ortho nitro benzene ring substituents is 1. The molecule has 2 rings (SSSR count). The van der Waals surface area contributed by atoms with E-state index >= 15 is 0 Å². The molecular formula is C16H12F5NO4. The molecule has 0 amide bonds. The third-order valence-corrected chi connectivity index (χ3v) is 3.77. The Labute approximate surface area is 143 Å². The van der Waals surface area contributed by atoms with Crippen LogP contribution in [0.3, 0.4) is 0 Å². The highest BCUT2D eigenvalue weighted by Gasteiger charge is 2.71. The molecule has 26 heavy (non-hydrogen) atoms. The Morgan fingerprint density at radius 1 is 1.00 bits per heavy atom. The molecule has 0 bridgehead atoms. The standard InChI is InChI=1S/C16H12F5NO4/c1-26-13-7-3-5-11(9-13)14(23,15(17,18)16(19,20)21)10-4-2-6-12(8-10)22(24)25/h2-9,23H,1H3. The normalized spacial score (nSPS) is 14.6. The zero-order valence-corrected chi connectivity index (χ0v) is 13.1. The first-order valence-corrected chi connectivity index (χ1v) is 7.01. The number of alkyl halides is 5. The van der Waals surface area contributed by atoms with Crippen molar-refractivity contribution in [3.8, 4) is 5.75 Å². The van der Waals surface area contributed by atoms with Gasteiger partial charge in [0.25, 0.3) is 5.69 Å². The second-order valence-corrected chi connectivity index (χ2v) is 5.32. The molecule has 0 saturated carbocycles. The minimum Gasteiger partial charge on any atom is -0.497 e. The Balaban J connectivity index is 2.82. The van der Waals surface area contributed by atoms with Gasteiger partial charge in [-0.05, 0) is 17.7 Å². The van der Waals surface area contributed by atoms with Gasteiger partial charge in [0, 0.05) is 17.7 Å². The van der Waals surface area contributed by atoms with Crippen LogP contribution < -0.4 is 4.74 Å². The second kappa shape index (κ2) is 6.52. The minimum absolute atomic E-state index is 0.0793. The van der Waals surface area contributed by atoms with Crippen molar-refractivity contribution in [1.29, 1.82) is 0 Å². The highest BCUT2D eigenvalue weighted by atomic mass is 19.4. The van der Waals surface area contributed by atoms with Gasteiger partial charge in [0.2, 0.25) is 0 Å². The number of nitrogens with zero attached hydrogens (tertiary/aromatic N) is 1. The second-order valence-electron chi connectivity index (χ2n) is 5.32. The van der Waals surface area contributed by atoms with Crippen LogP contribution in [0.25, 0.3) is 0 Å². The fourth-order valence-corrected chi connectivity index (χ4v) is 2.43. The molecule has 0 aliphatic carbocycles. The van der Waals surface area contributed by atoms with E-state index in [-0.39, 0.29) is 5.75 Å². The van der Waals surface area contributed by atoms with Crippen LogP contribution in [0, 0.1) is 10.1 Å². The van der Waals surface area contributed by atoms with Crippen LogP contribution in [0.5, 0.6) is 5.75 Å². The van der Waals surface area contributed by atoms with Gasteiger partial charge in [-0.2, -0.15) is 22.0 Å². The number of hydrogen-bond donors (Lipinski definition) is 1. The van der Waals surface area contributed by atoms with Crippen LogP contribution in [-0.2, 0) is 5.60 Å². The fourth-order valence-electron chi connectivity index (χ4n) is 2.43. The predicted octanol–water partition coefficient (Wildman–Crippen LogP) is 4.04. The molecule has 0 aliphatic rings. The summed E-state index contributed by atoms with van der Waals surface area (Å²) >= 11 is 0. The number of benzene rings is 2. The maximum Gasteiger partial charge on any atom is 0.457 e. The number of methoxy groups -OCH3 is 1. The van der Waals surface area contributed by atoms with Crippen LogP contribution in [0.4, 0.5) is 27.6 Å². The molecule has 2 aromatic rings. The highest BCUT2D eigenvalue weighted by molar-refractivity contribution is 5.46. The lowest BCUT2D eigenvalue weighted by Crippen LogP contribution is -2.55. The van der Waals surface area contributed by atoms with Crippen molar-refractivity contribution in [3.05, 3.63) is 69.8 Å². The van der Waals surface area contributed by atoms with Crippen molar-refractivity contribution in [3.63, 3.8) is 0 Å². The molecule has 1 atom stereocenters. The van der Waals surface area contributed by atoms with Gasteiger partial charge in [-0.25, -0.2) is 0 Å². The molecule has 0 fully saturated rings. The zero-order valence-electron chi connectivity index (χ0n) is 13.1. The molecule has 1 N–H and O–H groups in total. The van der Waals surface area contributed by atoms with Crippen LogP contribution in [0.1, 0.15) is 11.1 Å². The molecule has 1 unspecified atom stereocenters. The van der Waals surface area contributed by atoms with Gasteiger partial charge in [0.05, 0.1) is 12.0 Å². The molecule has 0 spiro atoms. The predicted molar refractivity (Wildman–Crippen MR) is 80.1 cm³/mol. The van der Waals surface area contributed by atoms with E-state index in [0.717, 1.165) is 43.5 Å². The summed E-state index contributed by atoms with van der Waals surface area (Å²) in [5.41, 5.74) is -6.48. The summed E-state index contributed by atoms with van der Waals surface area (Å²) < 4.78 is 72.7. The summed E-state index contributed by atoms with van der Waals surface area (Å²) in [6.45, 7) is 0. The van der Waals surface area contributed by atoms with Crippen LogP contribution in [0.2, 0.25) is 0 Å². The summed E-state index contributed by atoms with van der Waals surface area (Å²) in [7, 11) is 1.16. The van der Waals surface area contributed by atoms with Crippen LogP contribution >= 0.6 is 0 Å². The zero-order chi connectivity index (χ0) is 19.8. The molecule has 0 saturated heterocycles. The van der Waals surface area contributed by atoms with E-state index in [0.29, 0.717) is 6.07 Å². The van der Waals surface area contributed by atoms with E-state index in [2.05, 4.69) is 0 Å². The van der Waals surface area contributed by atoms with Crippen molar-refractivity contribution in [2.75, 3.05) is 7.11 Å². The molecule has 10 heteroatoms. The Morgan fingerprint density at radius 2 is 1.54 bits per heavy atom. The Hall–Kier alpha value is -2.75. The van der Waals surface area contributed by atoms with Crippen LogP contribution in [-0.4, -0.2) is 29.2 Å². The smallest absolute Gasteiger partial charge is 0.457 e. The van der Waals surface area contributed by atoms with Crippen LogP contribution in [0.15, 0.2) is 48.5 Å². The topological polar surface area (TPSA) is 72.6 Å². The van der Waals surface area contributed by atoms with Gasteiger partial charge in [0.1, 0.15) is 5.75 Å². The number of nitro benzene ring substituents is 1. The Bertz CT molecular complexity index is 824. The van der Waals surface area contributed by atoms with E-state index in [1.807, 2.05) is 0 Å². The first-order valence-electron chi connectivity index (χ1n) is 7.01. The quantitative estimate of drug-likeness (QED) is 0.485. The molecule has 0 aliphatic heterocycles. The van der Waals surface area contributed by atoms with E-state index < -0.39 is 39.4 Å². The average molecular weight is 377 g/mol. The lowest BCUT2D eigenvalue weighted by atomic mass is 9.80. The Morgan fingerprint density at radius 3 is 2.04 bits per heavy atom. The lowest BCUT2D eigenvalue weighted by molar-refractivity contribution is -0.385. The summed E-state index contributed by atoms with van der Waals surface area (Å²) in [6.07, 6.45) is -6.13. The SMILES string of the molecule is COc1cccc(C(O)(c2cccc([N+](=O)[O-])c2)C(F)(F)C(F)(F)F)c1. The van der Waals surface area contributed by atoms with Crippen molar-refractivity contribution in [2.24, 2.45) is 0 Å². The van der Waals surface area contributed by atoms with Crippen molar-refractivity contribution in [1.82, 2.24) is 0 Å². The first kappa shape index (κ1) is 19.6. The van der Waals surface area contributed by atoms with Crippen molar-refractivity contribution in [2.45, 2.75) is 17.7 Å². The van der Waals surface area contributed by atoms with Crippen molar-refractivity contribution < 1.29 is 36.7 Å². The number of rotatable bonds is 5. The monoisotopic (exact) mass is 377 g/mol. The highest BCUT2D eigenvalue weighted by Crippen LogP contribution is 2.52. The lowest BCUT2D eigenvalue weighted by Gasteiger charge is -2.37. The van der Waals surface area contributed by atoms with Gasteiger partial charge in [-0.3, -0.25) is 10.1 Å². The summed E-state index contributed by atoms with van der Waals surface area (Å²) in [5, 5.41) is 21.5. The van der Waals surface area contributed by atoms with Gasteiger partial charge in [-0.15, -0.1) is 0 Å². The van der Waals surface area contributed by atoms with Crippen molar-refractivity contribution >= 4 is 5.69 Å². The van der Waals surface area contributed by atoms with Gasteiger partial charge < -0.3 is 9.84 Å². The minimum atomic E-state index is -6.13. The van der Waals surface area contributed by atoms with Gasteiger partial charge >= 0.3 is 12.1 Å². The maximum atomic E-state index is 14.3. The largest absolute Gasteiger partial charge is 0.497 e. The number of ether oxygens (including phenoxy) is 1. The van der Waals surface area contributed by atoms with E-state index in [1.165, 1.54) is 6.07 Å². The number of aliphatic hydroxyl groups is 1. The molecular weight excluding hydrogens is 365 g/mol. The molecule has 5 nitrogen and oxygen atoms in total. The first-order chi connectivity index (χ1) is 11.9. The fraction of sp³-hybridized carbons (Fsp3) is 0.250. The summed E-state index contributed by atoms with van der Waals surface area (Å²) in [5.74, 6) is -5.73. The third kappa shape index (κ3) is 3.07. The Kier molecular flexibility index (Phi) is 4.91. The van der Waals surface area contributed by atoms with E-state index in [9.17, 15) is 37.2 Å². The summed E-state index contributed by atoms with van der Waals surface area (Å²) in [6, 6.07) is 7.09. The van der Waals surface area contributed by atoms with Gasteiger partial charge in [-0.1, -0.05) is 24.3 Å². The van der Waals surface area contributed by atoms with Gasteiger partial charge in [0.15, 0.2) is 5.60 Å². The van der Waals surface area contributed by atoms with E-state index in [1.54, 1.807) is 0 Å². The maximum absolute atomic E-state index is 14.3. The molecule has 140 valence electrons. The number of nitro groups is 1. The molecule has 2 aromatic carbocycles. The number of halogens is 5. The number of hydrogen-bond acceptors (Lipinski definition) is 4. The average Bonchev–Trinajstić information content (AvgIpc) is 2.60. The molecule has 0 heterocycles. The molecule has 0 radical (unpaired) electrons. The van der Waals surface area contributed by atoms with E-state index in [4.69, 9.17) is 4.74 Å².